The summed E-state index contributed by atoms with van der Waals surface area (Å²) < 4.78 is 5.73. The lowest BCUT2D eigenvalue weighted by atomic mass is 10.2. The first-order chi connectivity index (χ1) is 10.3. The van der Waals surface area contributed by atoms with E-state index in [1.165, 1.54) is 25.7 Å². The van der Waals surface area contributed by atoms with Gasteiger partial charge in [0.25, 0.3) is 0 Å². The summed E-state index contributed by atoms with van der Waals surface area (Å²) in [7, 11) is 0. The van der Waals surface area contributed by atoms with E-state index in [0.29, 0.717) is 5.88 Å². The second-order valence-corrected chi connectivity index (χ2v) is 5.45. The van der Waals surface area contributed by atoms with Crippen molar-refractivity contribution in [3.8, 4) is 5.88 Å². The zero-order valence-electron chi connectivity index (χ0n) is 14.0. The van der Waals surface area contributed by atoms with Gasteiger partial charge in [0.15, 0.2) is 0 Å². The van der Waals surface area contributed by atoms with Gasteiger partial charge in [-0.25, -0.2) is 4.98 Å². The van der Waals surface area contributed by atoms with E-state index >= 15 is 0 Å². The molecule has 1 aromatic heterocycles. The van der Waals surface area contributed by atoms with E-state index in [1.807, 2.05) is 6.07 Å². The molecule has 0 amide bonds. The molecule has 0 atom stereocenters. The summed E-state index contributed by atoms with van der Waals surface area (Å²) in [5, 5.41) is 3.40. The van der Waals surface area contributed by atoms with Crippen LogP contribution < -0.4 is 10.1 Å². The van der Waals surface area contributed by atoms with Crippen molar-refractivity contribution >= 4 is 5.82 Å². The summed E-state index contributed by atoms with van der Waals surface area (Å²) in [6, 6.07) is 1.93. The highest BCUT2D eigenvalue weighted by Crippen LogP contribution is 2.15. The van der Waals surface area contributed by atoms with Crippen LogP contribution in [-0.4, -0.2) is 23.1 Å². The summed E-state index contributed by atoms with van der Waals surface area (Å²) in [5.74, 6) is 2.48. The van der Waals surface area contributed by atoms with Crippen molar-refractivity contribution in [3.05, 3.63) is 11.9 Å². The van der Waals surface area contributed by atoms with Crippen LogP contribution >= 0.6 is 0 Å². The Morgan fingerprint density at radius 1 is 0.952 bits per heavy atom. The van der Waals surface area contributed by atoms with Gasteiger partial charge in [-0.05, 0) is 19.3 Å². The average Bonchev–Trinajstić information content (AvgIpc) is 2.48. The van der Waals surface area contributed by atoms with Crippen molar-refractivity contribution in [2.75, 3.05) is 18.5 Å². The molecule has 0 aliphatic carbocycles. The molecule has 0 aromatic carbocycles. The van der Waals surface area contributed by atoms with Gasteiger partial charge < -0.3 is 10.1 Å². The first-order valence-corrected chi connectivity index (χ1v) is 8.54. The van der Waals surface area contributed by atoms with Crippen LogP contribution in [-0.2, 0) is 6.42 Å². The normalized spacial score (nSPS) is 10.6. The maximum Gasteiger partial charge on any atom is 0.218 e. The molecule has 0 aliphatic heterocycles. The molecule has 0 aliphatic rings. The molecular weight excluding hydrogens is 262 g/mol. The average molecular weight is 293 g/mol. The molecule has 1 aromatic rings. The Kier molecular flexibility index (Phi) is 9.58. The molecular formula is C17H31N3O. The van der Waals surface area contributed by atoms with E-state index < -0.39 is 0 Å². The molecule has 4 nitrogen and oxygen atoms in total. The van der Waals surface area contributed by atoms with Crippen LogP contribution in [0.3, 0.4) is 0 Å². The van der Waals surface area contributed by atoms with Gasteiger partial charge in [-0.15, -0.1) is 0 Å². The SMILES string of the molecule is CCCCCCNc1cc(OCCCC)nc(CCC)n1. The van der Waals surface area contributed by atoms with E-state index in [9.17, 15) is 0 Å². The van der Waals surface area contributed by atoms with Crippen molar-refractivity contribution in [1.82, 2.24) is 9.97 Å². The van der Waals surface area contributed by atoms with E-state index in [-0.39, 0.29) is 0 Å². The number of rotatable bonds is 12. The van der Waals surface area contributed by atoms with Crippen LogP contribution in [0.5, 0.6) is 5.88 Å². The fourth-order valence-corrected chi connectivity index (χ4v) is 2.06. The third-order valence-corrected chi connectivity index (χ3v) is 3.31. The third kappa shape index (κ3) is 7.88. The molecule has 21 heavy (non-hydrogen) atoms. The molecule has 120 valence electrons. The highest BCUT2D eigenvalue weighted by atomic mass is 16.5. The number of nitrogens with one attached hydrogen (secondary N) is 1. The standard InChI is InChI=1S/C17H31N3O/c1-4-7-9-10-12-18-16-14-17(21-13-8-5-2)20-15(19-16)11-6-3/h14H,4-13H2,1-3H3,(H,18,19,20). The molecule has 1 rings (SSSR count). The minimum Gasteiger partial charge on any atom is -0.478 e. The Hall–Kier alpha value is -1.32. The van der Waals surface area contributed by atoms with Crippen molar-refractivity contribution in [1.29, 1.82) is 0 Å². The van der Waals surface area contributed by atoms with Gasteiger partial charge in [-0.3, -0.25) is 0 Å². The number of ether oxygens (including phenoxy) is 1. The first-order valence-electron chi connectivity index (χ1n) is 8.54. The van der Waals surface area contributed by atoms with E-state index in [1.54, 1.807) is 0 Å². The Bertz CT molecular complexity index is 382. The van der Waals surface area contributed by atoms with Crippen molar-refractivity contribution in [2.24, 2.45) is 0 Å². The molecule has 0 spiro atoms. The van der Waals surface area contributed by atoms with Gasteiger partial charge in [0.1, 0.15) is 11.6 Å². The van der Waals surface area contributed by atoms with Gasteiger partial charge in [-0.1, -0.05) is 46.5 Å². The van der Waals surface area contributed by atoms with Crippen LogP contribution in [0, 0.1) is 0 Å². The Labute approximate surface area is 129 Å². The van der Waals surface area contributed by atoms with Crippen LogP contribution in [0.15, 0.2) is 6.07 Å². The summed E-state index contributed by atoms with van der Waals surface area (Å²) in [5.41, 5.74) is 0. The number of hydrogen-bond donors (Lipinski definition) is 1. The fraction of sp³-hybridized carbons (Fsp3) is 0.765. The third-order valence-electron chi connectivity index (χ3n) is 3.31. The number of aryl methyl sites for hydroxylation is 1. The maximum atomic E-state index is 5.73. The predicted octanol–water partition coefficient (Wildman–Crippen LogP) is 4.60. The van der Waals surface area contributed by atoms with Crippen molar-refractivity contribution < 1.29 is 4.74 Å². The zero-order valence-corrected chi connectivity index (χ0v) is 14.0. The molecule has 1 heterocycles. The lowest BCUT2D eigenvalue weighted by Crippen LogP contribution is -2.08. The lowest BCUT2D eigenvalue weighted by molar-refractivity contribution is 0.296. The quantitative estimate of drug-likeness (QED) is 0.572. The van der Waals surface area contributed by atoms with Gasteiger partial charge in [-0.2, -0.15) is 4.98 Å². The number of aromatic nitrogens is 2. The number of nitrogens with zero attached hydrogens (tertiary/aromatic N) is 2. The molecule has 0 saturated carbocycles. The first kappa shape index (κ1) is 17.7. The minimum atomic E-state index is 0.706. The zero-order chi connectivity index (χ0) is 15.3. The molecule has 0 fully saturated rings. The fourth-order valence-electron chi connectivity index (χ4n) is 2.06. The van der Waals surface area contributed by atoms with Crippen molar-refractivity contribution in [3.63, 3.8) is 0 Å². The van der Waals surface area contributed by atoms with E-state index in [4.69, 9.17) is 4.74 Å². The Morgan fingerprint density at radius 2 is 1.76 bits per heavy atom. The van der Waals surface area contributed by atoms with Crippen LogP contribution in [0.1, 0.15) is 71.5 Å². The highest BCUT2D eigenvalue weighted by molar-refractivity contribution is 5.38. The second-order valence-electron chi connectivity index (χ2n) is 5.45. The lowest BCUT2D eigenvalue weighted by Gasteiger charge is -2.10. The minimum absolute atomic E-state index is 0.706. The van der Waals surface area contributed by atoms with Gasteiger partial charge in [0.05, 0.1) is 6.61 Å². The number of unbranched alkanes of at least 4 members (excludes halogenated alkanes) is 4. The molecule has 1 N–H and O–H groups in total. The summed E-state index contributed by atoms with van der Waals surface area (Å²) in [4.78, 5) is 9.05. The summed E-state index contributed by atoms with van der Waals surface area (Å²) >= 11 is 0. The van der Waals surface area contributed by atoms with Crippen LogP contribution in [0.4, 0.5) is 5.82 Å². The summed E-state index contributed by atoms with van der Waals surface area (Å²) in [6.45, 7) is 8.24. The summed E-state index contributed by atoms with van der Waals surface area (Å²) in [6.07, 6.45) is 9.18. The number of hydrogen-bond acceptors (Lipinski definition) is 4. The van der Waals surface area contributed by atoms with Gasteiger partial charge >= 0.3 is 0 Å². The molecule has 4 heteroatoms. The molecule has 0 bridgehead atoms. The topological polar surface area (TPSA) is 47.0 Å². The predicted molar refractivity (Wildman–Crippen MR) is 89.1 cm³/mol. The van der Waals surface area contributed by atoms with Crippen LogP contribution in [0.2, 0.25) is 0 Å². The van der Waals surface area contributed by atoms with E-state index in [2.05, 4.69) is 36.1 Å². The van der Waals surface area contributed by atoms with Gasteiger partial charge in [0.2, 0.25) is 5.88 Å². The molecule has 0 saturated heterocycles. The largest absolute Gasteiger partial charge is 0.478 e. The Morgan fingerprint density at radius 3 is 2.48 bits per heavy atom. The van der Waals surface area contributed by atoms with Gasteiger partial charge in [0, 0.05) is 19.0 Å². The maximum absolute atomic E-state index is 5.73. The molecule has 0 radical (unpaired) electrons. The van der Waals surface area contributed by atoms with Crippen LogP contribution in [0.25, 0.3) is 0 Å². The number of anilines is 1. The van der Waals surface area contributed by atoms with Crippen molar-refractivity contribution in [2.45, 2.75) is 72.1 Å². The second kappa shape index (κ2) is 11.4. The highest BCUT2D eigenvalue weighted by Gasteiger charge is 2.05. The molecule has 0 unspecified atom stereocenters. The Balaban J connectivity index is 2.54. The van der Waals surface area contributed by atoms with E-state index in [0.717, 1.165) is 50.5 Å². The monoisotopic (exact) mass is 293 g/mol. The smallest absolute Gasteiger partial charge is 0.218 e.